The van der Waals surface area contributed by atoms with Crippen LogP contribution in [0.5, 0.6) is 0 Å². The first-order valence-electron chi connectivity index (χ1n) is 2.96. The summed E-state index contributed by atoms with van der Waals surface area (Å²) >= 11 is 1.85. The summed E-state index contributed by atoms with van der Waals surface area (Å²) in [7, 11) is 0. The van der Waals surface area contributed by atoms with Crippen LogP contribution in [-0.4, -0.2) is 25.1 Å². The molecule has 1 rings (SSSR count). The second kappa shape index (κ2) is 5.92. The predicted molar refractivity (Wildman–Crippen MR) is 49.4 cm³/mol. The average Bonchev–Trinajstić information content (AvgIpc) is 1.91. The third-order valence-electron chi connectivity index (χ3n) is 1.15. The molecule has 0 aliphatic rings. The standard InChI is InChI=1S/C8H10S.Li/c1-9-7-8-5-3-2-4-6-8;/h2-6H,7H2,1H3;. The van der Waals surface area contributed by atoms with E-state index < -0.39 is 0 Å². The molecular weight excluding hydrogens is 135 g/mol. The maximum atomic E-state index is 2.15. The van der Waals surface area contributed by atoms with Crippen molar-refractivity contribution < 1.29 is 0 Å². The Hall–Kier alpha value is 0.167. The summed E-state index contributed by atoms with van der Waals surface area (Å²) in [6, 6.07) is 10.5. The summed E-state index contributed by atoms with van der Waals surface area (Å²) in [6.45, 7) is 0. The molecule has 0 heterocycles. The van der Waals surface area contributed by atoms with Gasteiger partial charge in [-0.15, -0.1) is 0 Å². The van der Waals surface area contributed by atoms with Crippen LogP contribution >= 0.6 is 11.8 Å². The summed E-state index contributed by atoms with van der Waals surface area (Å²) in [5.74, 6) is 1.13. The Bertz CT molecular complexity index is 162. The van der Waals surface area contributed by atoms with Gasteiger partial charge in [0.1, 0.15) is 0 Å². The molecule has 0 aliphatic carbocycles. The van der Waals surface area contributed by atoms with E-state index in [2.05, 4.69) is 30.5 Å². The molecule has 1 aromatic carbocycles. The molecule has 1 radical (unpaired) electrons. The minimum atomic E-state index is 0. The number of rotatable bonds is 2. The molecule has 0 aromatic heterocycles. The Morgan fingerprint density at radius 3 is 2.30 bits per heavy atom. The Morgan fingerprint density at radius 2 is 1.80 bits per heavy atom. The number of hydrogen-bond acceptors (Lipinski definition) is 1. The first-order valence-corrected chi connectivity index (χ1v) is 4.36. The molecule has 0 bridgehead atoms. The summed E-state index contributed by atoms with van der Waals surface area (Å²) in [5.41, 5.74) is 1.41. The summed E-state index contributed by atoms with van der Waals surface area (Å²) in [5, 5.41) is 0. The van der Waals surface area contributed by atoms with Crippen molar-refractivity contribution in [2.45, 2.75) is 5.75 Å². The molecule has 1 aromatic rings. The van der Waals surface area contributed by atoms with Crippen LogP contribution in [0.15, 0.2) is 30.3 Å². The van der Waals surface area contributed by atoms with Crippen LogP contribution in [0.2, 0.25) is 0 Å². The molecule has 0 aliphatic heterocycles. The minimum absolute atomic E-state index is 0. The van der Waals surface area contributed by atoms with E-state index in [4.69, 9.17) is 0 Å². The van der Waals surface area contributed by atoms with E-state index in [0.29, 0.717) is 0 Å². The van der Waals surface area contributed by atoms with Crippen LogP contribution in [0, 0.1) is 0 Å². The second-order valence-electron chi connectivity index (χ2n) is 1.92. The van der Waals surface area contributed by atoms with Crippen LogP contribution in [0.25, 0.3) is 0 Å². The zero-order valence-corrected chi connectivity index (χ0v) is 7.32. The van der Waals surface area contributed by atoms with Crippen molar-refractivity contribution in [3.8, 4) is 0 Å². The van der Waals surface area contributed by atoms with Crippen molar-refractivity contribution >= 4 is 30.6 Å². The van der Waals surface area contributed by atoms with Crippen LogP contribution < -0.4 is 0 Å². The van der Waals surface area contributed by atoms with E-state index in [-0.39, 0.29) is 18.9 Å². The Kier molecular flexibility index (Phi) is 6.01. The topological polar surface area (TPSA) is 0 Å². The van der Waals surface area contributed by atoms with Crippen molar-refractivity contribution in [3.63, 3.8) is 0 Å². The zero-order valence-electron chi connectivity index (χ0n) is 6.50. The van der Waals surface area contributed by atoms with Crippen LogP contribution in [0.3, 0.4) is 0 Å². The molecule has 0 unspecified atom stereocenters. The van der Waals surface area contributed by atoms with Crippen LogP contribution in [0.1, 0.15) is 5.56 Å². The van der Waals surface area contributed by atoms with E-state index >= 15 is 0 Å². The quantitative estimate of drug-likeness (QED) is 0.575. The van der Waals surface area contributed by atoms with E-state index in [0.717, 1.165) is 5.75 Å². The van der Waals surface area contributed by atoms with E-state index in [9.17, 15) is 0 Å². The van der Waals surface area contributed by atoms with Gasteiger partial charge in [-0.3, -0.25) is 0 Å². The molecule has 0 nitrogen and oxygen atoms in total. The van der Waals surface area contributed by atoms with Gasteiger partial charge in [0.15, 0.2) is 0 Å². The van der Waals surface area contributed by atoms with Gasteiger partial charge in [0.05, 0.1) is 0 Å². The van der Waals surface area contributed by atoms with E-state index in [1.165, 1.54) is 5.56 Å². The van der Waals surface area contributed by atoms with Gasteiger partial charge in [0, 0.05) is 24.6 Å². The van der Waals surface area contributed by atoms with Crippen molar-refractivity contribution in [2.75, 3.05) is 6.26 Å². The van der Waals surface area contributed by atoms with Gasteiger partial charge in [0.2, 0.25) is 0 Å². The molecule has 0 atom stereocenters. The predicted octanol–water partition coefficient (Wildman–Crippen LogP) is 2.17. The van der Waals surface area contributed by atoms with Crippen molar-refractivity contribution in [2.24, 2.45) is 0 Å². The number of hydrogen-bond donors (Lipinski definition) is 0. The van der Waals surface area contributed by atoms with Gasteiger partial charge in [-0.2, -0.15) is 11.8 Å². The molecular formula is C8H10LiS. The normalized spacial score (nSPS) is 8.50. The first-order chi connectivity index (χ1) is 4.43. The largest absolute Gasteiger partial charge is 0.161 e. The smallest absolute Gasteiger partial charge is 0.0181 e. The second-order valence-corrected chi connectivity index (χ2v) is 2.78. The monoisotopic (exact) mass is 145 g/mol. The summed E-state index contributed by atoms with van der Waals surface area (Å²) < 4.78 is 0. The Labute approximate surface area is 78.6 Å². The fraction of sp³-hybridized carbons (Fsp3) is 0.250. The van der Waals surface area contributed by atoms with Gasteiger partial charge < -0.3 is 0 Å². The maximum absolute atomic E-state index is 2.15. The summed E-state index contributed by atoms with van der Waals surface area (Å²) in [4.78, 5) is 0. The molecule has 0 amide bonds. The van der Waals surface area contributed by atoms with Crippen molar-refractivity contribution in [1.82, 2.24) is 0 Å². The average molecular weight is 145 g/mol. The van der Waals surface area contributed by atoms with Gasteiger partial charge in [0.25, 0.3) is 0 Å². The molecule has 0 fully saturated rings. The molecule has 0 spiro atoms. The number of benzene rings is 1. The fourth-order valence-electron chi connectivity index (χ4n) is 0.741. The molecule has 0 saturated heterocycles. The van der Waals surface area contributed by atoms with Crippen LogP contribution in [-0.2, 0) is 5.75 Å². The SMILES string of the molecule is CSCc1ccccc1.[Li]. The van der Waals surface area contributed by atoms with Gasteiger partial charge in [-0.1, -0.05) is 30.3 Å². The van der Waals surface area contributed by atoms with E-state index in [1.807, 2.05) is 17.8 Å². The third-order valence-corrected chi connectivity index (χ3v) is 1.78. The fourth-order valence-corrected chi connectivity index (χ4v) is 1.27. The third kappa shape index (κ3) is 3.36. The maximum Gasteiger partial charge on any atom is 0.0181 e. The Balaban J connectivity index is 0.000000810. The molecule has 10 heavy (non-hydrogen) atoms. The van der Waals surface area contributed by atoms with Crippen molar-refractivity contribution in [3.05, 3.63) is 35.9 Å². The molecule has 49 valence electrons. The summed E-state index contributed by atoms with van der Waals surface area (Å²) in [6.07, 6.45) is 2.12. The number of thioether (sulfide) groups is 1. The molecule has 2 heteroatoms. The zero-order chi connectivity index (χ0) is 6.53. The molecule has 0 saturated carbocycles. The minimum Gasteiger partial charge on any atom is -0.161 e. The molecule has 0 N–H and O–H groups in total. The van der Waals surface area contributed by atoms with Gasteiger partial charge >= 0.3 is 0 Å². The Morgan fingerprint density at radius 1 is 1.20 bits per heavy atom. The van der Waals surface area contributed by atoms with Gasteiger partial charge in [-0.05, 0) is 11.8 Å². The van der Waals surface area contributed by atoms with Crippen LogP contribution in [0.4, 0.5) is 0 Å². The van der Waals surface area contributed by atoms with E-state index in [1.54, 1.807) is 0 Å². The first kappa shape index (κ1) is 10.2. The van der Waals surface area contributed by atoms with Crippen molar-refractivity contribution in [1.29, 1.82) is 0 Å². The van der Waals surface area contributed by atoms with Gasteiger partial charge in [-0.25, -0.2) is 0 Å².